The highest BCUT2D eigenvalue weighted by Gasteiger charge is 2.45. The van der Waals surface area contributed by atoms with E-state index in [2.05, 4.69) is 32.8 Å². The maximum atomic E-state index is 11.6. The third kappa shape index (κ3) is 1.77. The van der Waals surface area contributed by atoms with Gasteiger partial charge in [-0.15, -0.1) is 0 Å². The van der Waals surface area contributed by atoms with Gasteiger partial charge in [0.2, 0.25) is 0 Å². The standard InChI is InChI=1S/C9H11IN2O2/c1-2-9(3-4-9)14-8(13)7-6(10)5-11-12-7/h5H,2-4H2,1H3,(H,11,12). The van der Waals surface area contributed by atoms with Gasteiger partial charge in [0, 0.05) is 0 Å². The molecule has 1 saturated carbocycles. The summed E-state index contributed by atoms with van der Waals surface area (Å²) < 4.78 is 6.21. The molecule has 0 amide bonds. The number of halogens is 1. The number of aromatic amines is 1. The summed E-state index contributed by atoms with van der Waals surface area (Å²) in [4.78, 5) is 11.6. The fourth-order valence-corrected chi connectivity index (χ4v) is 1.81. The van der Waals surface area contributed by atoms with Crippen LogP contribution in [0.15, 0.2) is 6.20 Å². The van der Waals surface area contributed by atoms with Crippen molar-refractivity contribution in [3.8, 4) is 0 Å². The number of esters is 1. The zero-order chi connectivity index (χ0) is 10.2. The number of H-pyrrole nitrogens is 1. The van der Waals surface area contributed by atoms with Crippen LogP contribution in [0.2, 0.25) is 0 Å². The van der Waals surface area contributed by atoms with Crippen LogP contribution in [0.5, 0.6) is 0 Å². The number of hydrogen-bond acceptors (Lipinski definition) is 3. The molecular formula is C9H11IN2O2. The van der Waals surface area contributed by atoms with Gasteiger partial charge >= 0.3 is 5.97 Å². The molecule has 0 aliphatic heterocycles. The summed E-state index contributed by atoms with van der Waals surface area (Å²) >= 11 is 2.06. The second-order valence-electron chi connectivity index (χ2n) is 3.52. The van der Waals surface area contributed by atoms with E-state index < -0.39 is 0 Å². The molecule has 1 aromatic rings. The van der Waals surface area contributed by atoms with Gasteiger partial charge in [0.05, 0.1) is 9.77 Å². The van der Waals surface area contributed by atoms with Crippen LogP contribution in [-0.2, 0) is 4.74 Å². The molecule has 0 spiro atoms. The van der Waals surface area contributed by atoms with E-state index in [0.29, 0.717) is 5.69 Å². The van der Waals surface area contributed by atoms with Crippen LogP contribution < -0.4 is 0 Å². The van der Waals surface area contributed by atoms with Gasteiger partial charge in [-0.1, -0.05) is 6.92 Å². The van der Waals surface area contributed by atoms with Crippen molar-refractivity contribution in [2.45, 2.75) is 31.8 Å². The lowest BCUT2D eigenvalue weighted by Gasteiger charge is -2.13. The van der Waals surface area contributed by atoms with Crippen LogP contribution in [0.3, 0.4) is 0 Å². The monoisotopic (exact) mass is 306 g/mol. The molecule has 1 aliphatic rings. The van der Waals surface area contributed by atoms with E-state index in [1.807, 2.05) is 6.92 Å². The molecule has 1 aromatic heterocycles. The molecule has 0 saturated heterocycles. The number of carbonyl (C=O) groups excluding carboxylic acids is 1. The van der Waals surface area contributed by atoms with Gasteiger partial charge < -0.3 is 4.74 Å². The second kappa shape index (κ2) is 3.52. The van der Waals surface area contributed by atoms with Crippen LogP contribution in [0.25, 0.3) is 0 Å². The number of rotatable bonds is 3. The SMILES string of the molecule is CCC1(OC(=O)c2[nH]ncc2I)CC1. The zero-order valence-corrected chi connectivity index (χ0v) is 10.00. The minimum Gasteiger partial charge on any atom is -0.454 e. The highest BCUT2D eigenvalue weighted by Crippen LogP contribution is 2.43. The lowest BCUT2D eigenvalue weighted by molar-refractivity contribution is 0.0208. The van der Waals surface area contributed by atoms with Crippen molar-refractivity contribution in [1.82, 2.24) is 10.2 Å². The summed E-state index contributed by atoms with van der Waals surface area (Å²) in [5, 5.41) is 6.43. The minimum absolute atomic E-state index is 0.175. The first-order chi connectivity index (χ1) is 6.67. The second-order valence-corrected chi connectivity index (χ2v) is 4.68. The fraction of sp³-hybridized carbons (Fsp3) is 0.556. The molecule has 0 radical (unpaired) electrons. The molecule has 0 aromatic carbocycles. The average molecular weight is 306 g/mol. The maximum absolute atomic E-state index is 11.6. The number of aromatic nitrogens is 2. The molecule has 1 heterocycles. The Bertz CT molecular complexity index is 357. The van der Waals surface area contributed by atoms with Gasteiger partial charge in [0.15, 0.2) is 5.69 Å². The Balaban J connectivity index is 2.07. The van der Waals surface area contributed by atoms with E-state index in [9.17, 15) is 4.79 Å². The number of ether oxygens (including phenoxy) is 1. The van der Waals surface area contributed by atoms with Crippen LogP contribution in [0.4, 0.5) is 0 Å². The number of hydrogen-bond donors (Lipinski definition) is 1. The molecular weight excluding hydrogens is 295 g/mol. The first-order valence-electron chi connectivity index (χ1n) is 4.59. The Morgan fingerprint density at radius 1 is 1.79 bits per heavy atom. The molecule has 1 fully saturated rings. The number of carbonyl (C=O) groups is 1. The van der Waals surface area contributed by atoms with E-state index in [-0.39, 0.29) is 11.6 Å². The summed E-state index contributed by atoms with van der Waals surface area (Å²) in [6.45, 7) is 2.04. The molecule has 0 bridgehead atoms. The Hall–Kier alpha value is -0.590. The highest BCUT2D eigenvalue weighted by molar-refractivity contribution is 14.1. The van der Waals surface area contributed by atoms with Crippen LogP contribution in [0, 0.1) is 3.57 Å². The Morgan fingerprint density at radius 3 is 2.93 bits per heavy atom. The van der Waals surface area contributed by atoms with E-state index in [1.165, 1.54) is 0 Å². The lowest BCUT2D eigenvalue weighted by Crippen LogP contribution is -2.19. The molecule has 4 nitrogen and oxygen atoms in total. The third-order valence-corrected chi connectivity index (χ3v) is 3.38. The summed E-state index contributed by atoms with van der Waals surface area (Å²) in [7, 11) is 0. The van der Waals surface area contributed by atoms with Crippen molar-refractivity contribution in [3.05, 3.63) is 15.5 Å². The normalized spacial score (nSPS) is 17.9. The predicted octanol–water partition coefficient (Wildman–Crippen LogP) is 2.11. The summed E-state index contributed by atoms with van der Waals surface area (Å²) in [5.41, 5.74) is 0.288. The van der Waals surface area contributed by atoms with Crippen molar-refractivity contribution in [2.24, 2.45) is 0 Å². The predicted molar refractivity (Wildman–Crippen MR) is 59.0 cm³/mol. The molecule has 1 N–H and O–H groups in total. The minimum atomic E-state index is -0.286. The van der Waals surface area contributed by atoms with Crippen LogP contribution >= 0.6 is 22.6 Å². The molecule has 76 valence electrons. The third-order valence-electron chi connectivity index (χ3n) is 2.56. The van der Waals surface area contributed by atoms with E-state index in [1.54, 1.807) is 6.20 Å². The summed E-state index contributed by atoms with van der Waals surface area (Å²) in [6, 6.07) is 0. The Morgan fingerprint density at radius 2 is 2.50 bits per heavy atom. The van der Waals surface area contributed by atoms with Crippen molar-refractivity contribution in [1.29, 1.82) is 0 Å². The van der Waals surface area contributed by atoms with E-state index in [0.717, 1.165) is 22.8 Å². The van der Waals surface area contributed by atoms with Crippen LogP contribution in [-0.4, -0.2) is 21.8 Å². The maximum Gasteiger partial charge on any atom is 0.358 e. The van der Waals surface area contributed by atoms with Gasteiger partial charge in [0.25, 0.3) is 0 Å². The first kappa shape index (κ1) is 9.95. The summed E-state index contributed by atoms with van der Waals surface area (Å²) in [5.74, 6) is -0.286. The van der Waals surface area contributed by atoms with Crippen molar-refractivity contribution in [3.63, 3.8) is 0 Å². The highest BCUT2D eigenvalue weighted by atomic mass is 127. The number of nitrogens with one attached hydrogen (secondary N) is 1. The zero-order valence-electron chi connectivity index (χ0n) is 7.84. The average Bonchev–Trinajstić information content (AvgIpc) is 2.80. The topological polar surface area (TPSA) is 55.0 Å². The molecule has 0 unspecified atom stereocenters. The molecule has 5 heteroatoms. The molecule has 1 aliphatic carbocycles. The lowest BCUT2D eigenvalue weighted by atomic mass is 10.2. The fourth-order valence-electron chi connectivity index (χ4n) is 1.33. The smallest absolute Gasteiger partial charge is 0.358 e. The van der Waals surface area contributed by atoms with Gasteiger partial charge in [0.1, 0.15) is 5.60 Å². The van der Waals surface area contributed by atoms with Gasteiger partial charge in [-0.3, -0.25) is 5.10 Å². The molecule has 0 atom stereocenters. The van der Waals surface area contributed by atoms with Crippen molar-refractivity contribution in [2.75, 3.05) is 0 Å². The Labute approximate surface area is 95.5 Å². The van der Waals surface area contributed by atoms with E-state index >= 15 is 0 Å². The summed E-state index contributed by atoms with van der Waals surface area (Å²) in [6.07, 6.45) is 4.48. The van der Waals surface area contributed by atoms with Crippen molar-refractivity contribution < 1.29 is 9.53 Å². The quantitative estimate of drug-likeness (QED) is 0.687. The largest absolute Gasteiger partial charge is 0.454 e. The van der Waals surface area contributed by atoms with Crippen LogP contribution in [0.1, 0.15) is 36.7 Å². The Kier molecular flexibility index (Phi) is 2.50. The number of nitrogens with zero attached hydrogens (tertiary/aromatic N) is 1. The van der Waals surface area contributed by atoms with Gasteiger partial charge in [-0.25, -0.2) is 4.79 Å². The van der Waals surface area contributed by atoms with Crippen molar-refractivity contribution >= 4 is 28.6 Å². The first-order valence-corrected chi connectivity index (χ1v) is 5.67. The van der Waals surface area contributed by atoms with E-state index in [4.69, 9.17) is 4.74 Å². The van der Waals surface area contributed by atoms with Gasteiger partial charge in [-0.05, 0) is 41.9 Å². The molecule has 14 heavy (non-hydrogen) atoms. The molecule has 2 rings (SSSR count). The van der Waals surface area contributed by atoms with Gasteiger partial charge in [-0.2, -0.15) is 5.10 Å².